The van der Waals surface area contributed by atoms with Gasteiger partial charge >= 0.3 is 0 Å². The van der Waals surface area contributed by atoms with Crippen LogP contribution in [0.4, 0.5) is 5.13 Å². The van der Waals surface area contributed by atoms with E-state index in [-0.39, 0.29) is 24.4 Å². The van der Waals surface area contributed by atoms with Crippen molar-refractivity contribution in [1.82, 2.24) is 15.2 Å². The maximum Gasteiger partial charge on any atom is 0.271 e. The summed E-state index contributed by atoms with van der Waals surface area (Å²) >= 11 is 1.25. The molecule has 2 rings (SSSR count). The summed E-state index contributed by atoms with van der Waals surface area (Å²) in [4.78, 5) is 28.6. The Hall–Kier alpha value is -1.67. The number of primary amides is 1. The van der Waals surface area contributed by atoms with E-state index in [4.69, 9.17) is 11.5 Å². The third kappa shape index (κ3) is 3.90. The van der Waals surface area contributed by atoms with Gasteiger partial charge in [-0.3, -0.25) is 14.5 Å². The molecule has 104 valence electrons. The number of amides is 2. The minimum atomic E-state index is -0.319. The van der Waals surface area contributed by atoms with Crippen molar-refractivity contribution in [2.45, 2.75) is 18.9 Å². The molecule has 8 heteroatoms. The van der Waals surface area contributed by atoms with Crippen molar-refractivity contribution in [3.05, 3.63) is 11.1 Å². The van der Waals surface area contributed by atoms with Gasteiger partial charge in [-0.05, 0) is 12.8 Å². The van der Waals surface area contributed by atoms with Gasteiger partial charge in [0.05, 0.1) is 6.54 Å². The summed E-state index contributed by atoms with van der Waals surface area (Å²) in [6.07, 6.45) is 1.61. The highest BCUT2D eigenvalue weighted by Gasteiger charge is 2.22. The number of hydrogen-bond donors (Lipinski definition) is 3. The molecule has 0 radical (unpaired) electrons. The Morgan fingerprint density at radius 3 is 2.68 bits per heavy atom. The molecule has 0 atom stereocenters. The molecule has 0 aromatic carbocycles. The van der Waals surface area contributed by atoms with Crippen molar-refractivity contribution in [2.24, 2.45) is 5.73 Å². The molecule has 1 aliphatic rings. The number of nitrogens with zero attached hydrogens (tertiary/aromatic N) is 2. The number of hydrogen-bond acceptors (Lipinski definition) is 6. The van der Waals surface area contributed by atoms with E-state index < -0.39 is 0 Å². The number of piperidine rings is 1. The lowest BCUT2D eigenvalue weighted by atomic mass is 10.0. The SMILES string of the molecule is NC(=O)CN1CCC(NC(=O)c2csc(N)n2)CC1. The van der Waals surface area contributed by atoms with E-state index in [1.807, 2.05) is 4.90 Å². The Morgan fingerprint density at radius 1 is 1.47 bits per heavy atom. The average molecular weight is 283 g/mol. The van der Waals surface area contributed by atoms with Crippen molar-refractivity contribution >= 4 is 28.3 Å². The molecule has 2 amide bonds. The molecule has 1 aliphatic heterocycles. The van der Waals surface area contributed by atoms with Crippen molar-refractivity contribution in [3.63, 3.8) is 0 Å². The summed E-state index contributed by atoms with van der Waals surface area (Å²) in [7, 11) is 0. The monoisotopic (exact) mass is 283 g/mol. The normalized spacial score (nSPS) is 17.3. The molecule has 0 bridgehead atoms. The highest BCUT2D eigenvalue weighted by Crippen LogP contribution is 2.13. The Bertz CT molecular complexity index is 467. The predicted octanol–water partition coefficient (Wildman–Crippen LogP) is -0.595. The molecule has 0 aliphatic carbocycles. The third-order valence-corrected chi connectivity index (χ3v) is 3.73. The Balaban J connectivity index is 1.79. The summed E-state index contributed by atoms with van der Waals surface area (Å²) in [5, 5.41) is 4.97. The first kappa shape index (κ1) is 13.8. The second-order valence-corrected chi connectivity index (χ2v) is 5.45. The summed E-state index contributed by atoms with van der Waals surface area (Å²) in [6.45, 7) is 1.80. The first-order chi connectivity index (χ1) is 9.04. The van der Waals surface area contributed by atoms with Crippen LogP contribution < -0.4 is 16.8 Å². The van der Waals surface area contributed by atoms with Crippen LogP contribution in [-0.4, -0.2) is 47.4 Å². The molecule has 0 saturated carbocycles. The van der Waals surface area contributed by atoms with E-state index in [1.165, 1.54) is 11.3 Å². The highest BCUT2D eigenvalue weighted by atomic mass is 32.1. The lowest BCUT2D eigenvalue weighted by molar-refractivity contribution is -0.119. The Kier molecular flexibility index (Phi) is 4.33. The van der Waals surface area contributed by atoms with Crippen LogP contribution in [0.2, 0.25) is 0 Å². The number of anilines is 1. The molecule has 7 nitrogen and oxygen atoms in total. The van der Waals surface area contributed by atoms with Gasteiger partial charge in [-0.2, -0.15) is 0 Å². The number of thiazole rings is 1. The zero-order valence-electron chi connectivity index (χ0n) is 10.5. The number of nitrogen functional groups attached to an aromatic ring is 1. The number of rotatable bonds is 4. The smallest absolute Gasteiger partial charge is 0.271 e. The van der Waals surface area contributed by atoms with Gasteiger partial charge in [0.25, 0.3) is 5.91 Å². The number of aromatic nitrogens is 1. The molecule has 1 aromatic heterocycles. The fraction of sp³-hybridized carbons (Fsp3) is 0.545. The van der Waals surface area contributed by atoms with E-state index in [9.17, 15) is 9.59 Å². The van der Waals surface area contributed by atoms with Crippen LogP contribution in [0, 0.1) is 0 Å². The quantitative estimate of drug-likeness (QED) is 0.683. The second-order valence-electron chi connectivity index (χ2n) is 4.56. The third-order valence-electron chi connectivity index (χ3n) is 3.06. The molecule has 19 heavy (non-hydrogen) atoms. The zero-order chi connectivity index (χ0) is 13.8. The van der Waals surface area contributed by atoms with Gasteiger partial charge in [-0.15, -0.1) is 11.3 Å². The molecule has 5 N–H and O–H groups in total. The van der Waals surface area contributed by atoms with E-state index >= 15 is 0 Å². The van der Waals surface area contributed by atoms with Gasteiger partial charge < -0.3 is 16.8 Å². The minimum Gasteiger partial charge on any atom is -0.375 e. The maximum atomic E-state index is 11.9. The van der Waals surface area contributed by atoms with Crippen LogP contribution in [-0.2, 0) is 4.79 Å². The molecular weight excluding hydrogens is 266 g/mol. The van der Waals surface area contributed by atoms with Crippen molar-refractivity contribution in [1.29, 1.82) is 0 Å². The van der Waals surface area contributed by atoms with Crippen molar-refractivity contribution < 1.29 is 9.59 Å². The minimum absolute atomic E-state index is 0.111. The molecule has 0 spiro atoms. The Labute approximate surface area is 115 Å². The van der Waals surface area contributed by atoms with Crippen molar-refractivity contribution in [2.75, 3.05) is 25.4 Å². The van der Waals surface area contributed by atoms with Crippen LogP contribution in [0.25, 0.3) is 0 Å². The van der Waals surface area contributed by atoms with E-state index in [0.717, 1.165) is 25.9 Å². The molecule has 0 unspecified atom stereocenters. The topological polar surface area (TPSA) is 114 Å². The molecule has 1 fully saturated rings. The van der Waals surface area contributed by atoms with Gasteiger partial charge in [-0.25, -0.2) is 4.98 Å². The van der Waals surface area contributed by atoms with E-state index in [1.54, 1.807) is 5.38 Å². The van der Waals surface area contributed by atoms with Crippen LogP contribution in [0.5, 0.6) is 0 Å². The van der Waals surface area contributed by atoms with Crippen LogP contribution in [0.1, 0.15) is 23.3 Å². The summed E-state index contributed by atoms with van der Waals surface area (Å²) in [5.74, 6) is -0.512. The number of nitrogens with one attached hydrogen (secondary N) is 1. The highest BCUT2D eigenvalue weighted by molar-refractivity contribution is 7.13. The van der Waals surface area contributed by atoms with Crippen LogP contribution in [0.15, 0.2) is 5.38 Å². The van der Waals surface area contributed by atoms with E-state index in [2.05, 4.69) is 10.3 Å². The van der Waals surface area contributed by atoms with Gasteiger partial charge in [0, 0.05) is 24.5 Å². The molecule has 1 saturated heterocycles. The van der Waals surface area contributed by atoms with Gasteiger partial charge in [0.15, 0.2) is 5.13 Å². The lowest BCUT2D eigenvalue weighted by Gasteiger charge is -2.31. The van der Waals surface area contributed by atoms with Gasteiger partial charge in [0.2, 0.25) is 5.91 Å². The summed E-state index contributed by atoms with van der Waals surface area (Å²) < 4.78 is 0. The average Bonchev–Trinajstić information content (AvgIpc) is 2.78. The molecule has 1 aromatic rings. The standard InChI is InChI=1S/C11H17N5O2S/c12-9(17)5-16-3-1-7(2-4-16)14-10(18)8-6-19-11(13)15-8/h6-7H,1-5H2,(H2,12,17)(H2,13,15)(H,14,18). The van der Waals surface area contributed by atoms with Gasteiger partial charge in [-0.1, -0.05) is 0 Å². The zero-order valence-corrected chi connectivity index (χ0v) is 11.3. The molecule has 2 heterocycles. The first-order valence-corrected chi connectivity index (χ1v) is 6.95. The van der Waals surface area contributed by atoms with Crippen molar-refractivity contribution in [3.8, 4) is 0 Å². The fourth-order valence-corrected chi connectivity index (χ4v) is 2.65. The fourth-order valence-electron chi connectivity index (χ4n) is 2.11. The Morgan fingerprint density at radius 2 is 2.16 bits per heavy atom. The van der Waals surface area contributed by atoms with E-state index in [0.29, 0.717) is 10.8 Å². The number of likely N-dealkylation sites (tertiary alicyclic amines) is 1. The number of carbonyl (C=O) groups is 2. The number of nitrogens with two attached hydrogens (primary N) is 2. The second kappa shape index (κ2) is 5.98. The lowest BCUT2D eigenvalue weighted by Crippen LogP contribution is -2.46. The molecular formula is C11H17N5O2S. The van der Waals surface area contributed by atoms with Crippen LogP contribution in [0.3, 0.4) is 0 Å². The maximum absolute atomic E-state index is 11.9. The van der Waals surface area contributed by atoms with Crippen LogP contribution >= 0.6 is 11.3 Å². The predicted molar refractivity (Wildman–Crippen MR) is 72.6 cm³/mol. The number of carbonyl (C=O) groups excluding carboxylic acids is 2. The van der Waals surface area contributed by atoms with Gasteiger partial charge in [0.1, 0.15) is 5.69 Å². The largest absolute Gasteiger partial charge is 0.375 e. The first-order valence-electron chi connectivity index (χ1n) is 6.07. The summed E-state index contributed by atoms with van der Waals surface area (Å²) in [6, 6.07) is 0.111. The summed E-state index contributed by atoms with van der Waals surface area (Å²) in [5.41, 5.74) is 11.0.